The number of amides is 2. The summed E-state index contributed by atoms with van der Waals surface area (Å²) in [7, 11) is 0. The van der Waals surface area contributed by atoms with E-state index in [1.165, 1.54) is 17.8 Å². The lowest BCUT2D eigenvalue weighted by molar-refractivity contribution is 0.0913. The third-order valence-corrected chi connectivity index (χ3v) is 3.41. The molecule has 0 radical (unpaired) electrons. The van der Waals surface area contributed by atoms with Crippen molar-refractivity contribution in [2.75, 3.05) is 12.9 Å². The first-order valence-corrected chi connectivity index (χ1v) is 8.34. The molecule has 23 heavy (non-hydrogen) atoms. The van der Waals surface area contributed by atoms with Gasteiger partial charge in [0.2, 0.25) is 0 Å². The molecule has 0 aliphatic rings. The number of ether oxygens (including phenoxy) is 1. The van der Waals surface area contributed by atoms with Crippen molar-refractivity contribution in [3.05, 3.63) is 28.2 Å². The highest BCUT2D eigenvalue weighted by Gasteiger charge is 2.13. The van der Waals surface area contributed by atoms with Crippen LogP contribution in [0.3, 0.4) is 0 Å². The molecule has 2 amide bonds. The zero-order valence-electron chi connectivity index (χ0n) is 12.3. The average molecular weight is 400 g/mol. The Balaban J connectivity index is 3.00. The van der Waals surface area contributed by atoms with Crippen LogP contribution < -0.4 is 16.2 Å². The van der Waals surface area contributed by atoms with E-state index in [0.717, 1.165) is 0 Å². The van der Waals surface area contributed by atoms with Crippen LogP contribution >= 0.6 is 27.7 Å². The second-order valence-electron chi connectivity index (χ2n) is 3.82. The second kappa shape index (κ2) is 9.70. The van der Waals surface area contributed by atoms with E-state index in [4.69, 9.17) is 5.26 Å². The van der Waals surface area contributed by atoms with Crippen molar-refractivity contribution in [2.24, 2.45) is 4.99 Å². The number of nitrogens with one attached hydrogen (secondary N) is 3. The van der Waals surface area contributed by atoms with Gasteiger partial charge in [0.15, 0.2) is 11.4 Å². The Labute approximate surface area is 145 Å². The predicted molar refractivity (Wildman–Crippen MR) is 91.1 cm³/mol. The van der Waals surface area contributed by atoms with E-state index >= 15 is 0 Å². The zero-order chi connectivity index (χ0) is 17.2. The summed E-state index contributed by atoms with van der Waals surface area (Å²) in [6.07, 6.45) is 2.74. The molecule has 0 unspecified atom stereocenters. The van der Waals surface area contributed by atoms with E-state index in [0.29, 0.717) is 15.3 Å². The summed E-state index contributed by atoms with van der Waals surface area (Å²) < 4.78 is 5.35. The molecule has 122 valence electrons. The number of hydrazine groups is 1. The molecule has 0 saturated heterocycles. The highest BCUT2D eigenvalue weighted by Crippen LogP contribution is 2.25. The Morgan fingerprint density at radius 1 is 1.43 bits per heavy atom. The van der Waals surface area contributed by atoms with Crippen molar-refractivity contribution in [1.82, 2.24) is 16.2 Å². The van der Waals surface area contributed by atoms with Gasteiger partial charge in [0.1, 0.15) is 0 Å². The molecule has 1 aromatic carbocycles. The fourth-order valence-electron chi connectivity index (χ4n) is 1.41. The SMILES string of the molecule is CCOC(=O)NNC(=O)c1ccc(Br)cc1N=C(NC#N)SC. The van der Waals surface area contributed by atoms with Crippen LogP contribution in [0, 0.1) is 11.5 Å². The number of hydrogen-bond donors (Lipinski definition) is 3. The first-order valence-electron chi connectivity index (χ1n) is 6.32. The van der Waals surface area contributed by atoms with Crippen molar-refractivity contribution in [3.8, 4) is 6.19 Å². The summed E-state index contributed by atoms with van der Waals surface area (Å²) in [5.74, 6) is -0.568. The van der Waals surface area contributed by atoms with Crippen LogP contribution in [0.2, 0.25) is 0 Å². The second-order valence-corrected chi connectivity index (χ2v) is 5.53. The predicted octanol–water partition coefficient (Wildman–Crippen LogP) is 2.26. The Morgan fingerprint density at radius 3 is 2.78 bits per heavy atom. The molecule has 0 heterocycles. The van der Waals surface area contributed by atoms with Crippen molar-refractivity contribution in [2.45, 2.75) is 6.92 Å². The normalized spacial score (nSPS) is 10.4. The van der Waals surface area contributed by atoms with Crippen LogP contribution in [0.15, 0.2) is 27.7 Å². The molecule has 0 atom stereocenters. The Hall–Kier alpha value is -2.25. The van der Waals surface area contributed by atoms with Gasteiger partial charge >= 0.3 is 6.09 Å². The van der Waals surface area contributed by atoms with Crippen LogP contribution in [0.5, 0.6) is 0 Å². The van der Waals surface area contributed by atoms with Crippen molar-refractivity contribution >= 4 is 50.5 Å². The van der Waals surface area contributed by atoms with Crippen LogP contribution in [0.4, 0.5) is 10.5 Å². The Morgan fingerprint density at radius 2 is 2.17 bits per heavy atom. The lowest BCUT2D eigenvalue weighted by Gasteiger charge is -2.10. The molecule has 0 fully saturated rings. The third kappa shape index (κ3) is 6.17. The zero-order valence-corrected chi connectivity index (χ0v) is 14.7. The van der Waals surface area contributed by atoms with Crippen LogP contribution in [-0.2, 0) is 4.74 Å². The Bertz CT molecular complexity index is 660. The lowest BCUT2D eigenvalue weighted by atomic mass is 10.2. The number of aliphatic imine (C=N–C) groups is 1. The number of hydrogen-bond acceptors (Lipinski definition) is 6. The number of halogens is 1. The standard InChI is InChI=1S/C13H14BrN5O3S/c1-3-22-13(21)19-18-11(20)9-5-4-8(14)6-10(9)17-12(23-2)16-7-15/h4-6H,3H2,1-2H3,(H,16,17)(H,18,20)(H,19,21). The first kappa shape index (κ1) is 18.8. The van der Waals surface area contributed by atoms with E-state index in [1.807, 2.05) is 0 Å². The fourth-order valence-corrected chi connectivity index (χ4v) is 2.10. The number of benzene rings is 1. The van der Waals surface area contributed by atoms with Crippen molar-refractivity contribution in [1.29, 1.82) is 5.26 Å². The summed E-state index contributed by atoms with van der Waals surface area (Å²) in [5, 5.41) is 11.4. The monoisotopic (exact) mass is 399 g/mol. The molecule has 0 saturated carbocycles. The summed E-state index contributed by atoms with van der Waals surface area (Å²) in [5.41, 5.74) is 4.90. The summed E-state index contributed by atoms with van der Waals surface area (Å²) in [6, 6.07) is 4.82. The van der Waals surface area contributed by atoms with Gasteiger partial charge in [-0.3, -0.25) is 15.5 Å². The molecule has 0 aliphatic carbocycles. The molecule has 0 aromatic heterocycles. The fraction of sp³-hybridized carbons (Fsp3) is 0.231. The summed E-state index contributed by atoms with van der Waals surface area (Å²) in [4.78, 5) is 27.6. The smallest absolute Gasteiger partial charge is 0.426 e. The molecule has 0 aliphatic heterocycles. The first-order chi connectivity index (χ1) is 11.0. The van der Waals surface area contributed by atoms with Gasteiger partial charge in [-0.1, -0.05) is 27.7 Å². The molecule has 1 aromatic rings. The number of carbonyl (C=O) groups excluding carboxylic acids is 2. The number of nitriles is 1. The van der Waals surface area contributed by atoms with Gasteiger partial charge in [0, 0.05) is 4.47 Å². The highest BCUT2D eigenvalue weighted by atomic mass is 79.9. The maximum Gasteiger partial charge on any atom is 0.426 e. The minimum Gasteiger partial charge on any atom is -0.449 e. The topological polar surface area (TPSA) is 116 Å². The number of thioether (sulfide) groups is 1. The minimum atomic E-state index is -0.765. The molecule has 3 N–H and O–H groups in total. The number of amidine groups is 1. The molecule has 0 spiro atoms. The number of rotatable bonds is 3. The van der Waals surface area contributed by atoms with Crippen LogP contribution in [0.25, 0.3) is 0 Å². The average Bonchev–Trinajstić information content (AvgIpc) is 2.52. The van der Waals surface area contributed by atoms with Gasteiger partial charge in [-0.2, -0.15) is 5.26 Å². The molecule has 1 rings (SSSR count). The molecular weight excluding hydrogens is 386 g/mol. The summed E-state index contributed by atoms with van der Waals surface area (Å²) in [6.45, 7) is 1.83. The highest BCUT2D eigenvalue weighted by molar-refractivity contribution is 9.10. The van der Waals surface area contributed by atoms with Gasteiger partial charge in [0.05, 0.1) is 17.9 Å². The van der Waals surface area contributed by atoms with Crippen LogP contribution in [0.1, 0.15) is 17.3 Å². The van der Waals surface area contributed by atoms with E-state index < -0.39 is 12.0 Å². The van der Waals surface area contributed by atoms with E-state index in [9.17, 15) is 9.59 Å². The lowest BCUT2D eigenvalue weighted by Crippen LogP contribution is -2.41. The molecule has 10 heteroatoms. The van der Waals surface area contributed by atoms with Crippen molar-refractivity contribution < 1.29 is 14.3 Å². The van der Waals surface area contributed by atoms with Crippen LogP contribution in [-0.4, -0.2) is 30.0 Å². The van der Waals surface area contributed by atoms with Gasteiger partial charge in [-0.15, -0.1) is 0 Å². The van der Waals surface area contributed by atoms with Gasteiger partial charge in [0.25, 0.3) is 5.91 Å². The van der Waals surface area contributed by atoms with Crippen molar-refractivity contribution in [3.63, 3.8) is 0 Å². The number of nitrogens with zero attached hydrogens (tertiary/aromatic N) is 2. The Kier molecular flexibility index (Phi) is 7.93. The quantitative estimate of drug-likeness (QED) is 0.236. The number of carbonyl (C=O) groups is 2. The maximum absolute atomic E-state index is 12.2. The van der Waals surface area contributed by atoms with Gasteiger partial charge in [-0.05, 0) is 31.4 Å². The van der Waals surface area contributed by atoms with E-state index in [2.05, 4.69) is 41.8 Å². The summed E-state index contributed by atoms with van der Waals surface area (Å²) >= 11 is 4.52. The maximum atomic E-state index is 12.2. The van der Waals surface area contributed by atoms with E-state index in [1.54, 1.807) is 31.5 Å². The molecule has 0 bridgehead atoms. The molecular formula is C13H14BrN5O3S. The minimum absolute atomic E-state index is 0.187. The van der Waals surface area contributed by atoms with Gasteiger partial charge in [-0.25, -0.2) is 15.2 Å². The van der Waals surface area contributed by atoms with Gasteiger partial charge < -0.3 is 4.74 Å². The third-order valence-electron chi connectivity index (χ3n) is 2.34. The molecule has 8 nitrogen and oxygen atoms in total. The largest absolute Gasteiger partial charge is 0.449 e. The van der Waals surface area contributed by atoms with E-state index in [-0.39, 0.29) is 12.2 Å².